The van der Waals surface area contributed by atoms with Crippen molar-refractivity contribution in [3.05, 3.63) is 29.3 Å². The van der Waals surface area contributed by atoms with E-state index in [4.69, 9.17) is 0 Å². The van der Waals surface area contributed by atoms with Crippen LogP contribution in [0.1, 0.15) is 38.8 Å². The van der Waals surface area contributed by atoms with Gasteiger partial charge in [0.05, 0.1) is 0 Å². The number of anilines is 1. The molecule has 1 aliphatic heterocycles. The van der Waals surface area contributed by atoms with E-state index in [0.29, 0.717) is 12.1 Å². The fraction of sp³-hybridized carbons (Fsp3) is 0.562. The molecule has 1 N–H and O–H groups in total. The molecule has 1 amide bonds. The fourth-order valence-electron chi connectivity index (χ4n) is 2.89. The van der Waals surface area contributed by atoms with E-state index in [1.807, 2.05) is 4.90 Å². The zero-order chi connectivity index (χ0) is 14.0. The molecule has 0 aliphatic carbocycles. The highest BCUT2D eigenvalue weighted by atomic mass is 16.2. The number of hydrogen-bond acceptors (Lipinski definition) is 2. The molecule has 1 heterocycles. The van der Waals surface area contributed by atoms with Crippen LogP contribution < -0.4 is 10.2 Å². The van der Waals surface area contributed by atoms with Gasteiger partial charge in [0.1, 0.15) is 0 Å². The first kappa shape index (κ1) is 14.1. The van der Waals surface area contributed by atoms with Gasteiger partial charge in [-0.3, -0.25) is 4.79 Å². The average molecular weight is 260 g/mol. The largest absolute Gasteiger partial charge is 0.312 e. The second-order valence-electron chi connectivity index (χ2n) is 5.81. The van der Waals surface area contributed by atoms with Gasteiger partial charge in [0.15, 0.2) is 0 Å². The van der Waals surface area contributed by atoms with Gasteiger partial charge in [-0.05, 0) is 37.0 Å². The fourth-order valence-corrected chi connectivity index (χ4v) is 2.89. The van der Waals surface area contributed by atoms with Crippen LogP contribution in [0.5, 0.6) is 0 Å². The number of amides is 1. The third kappa shape index (κ3) is 3.35. The quantitative estimate of drug-likeness (QED) is 0.902. The SMILES string of the molecule is CC(=O)N1CCc2cc(CC(C)NC(C)C)ccc21. The Hall–Kier alpha value is -1.35. The average Bonchev–Trinajstić information content (AvgIpc) is 2.70. The zero-order valence-corrected chi connectivity index (χ0v) is 12.4. The molecule has 0 saturated carbocycles. The number of benzene rings is 1. The van der Waals surface area contributed by atoms with Crippen LogP contribution in [-0.2, 0) is 17.6 Å². The third-order valence-electron chi connectivity index (χ3n) is 3.58. The maximum atomic E-state index is 11.5. The second kappa shape index (κ2) is 5.74. The molecule has 0 saturated heterocycles. The molecule has 1 aromatic carbocycles. The summed E-state index contributed by atoms with van der Waals surface area (Å²) in [5.74, 6) is 0.140. The molecule has 0 fully saturated rings. The summed E-state index contributed by atoms with van der Waals surface area (Å²) in [7, 11) is 0. The van der Waals surface area contributed by atoms with E-state index >= 15 is 0 Å². The van der Waals surface area contributed by atoms with Crippen LogP contribution in [0, 0.1) is 0 Å². The van der Waals surface area contributed by atoms with Crippen molar-refractivity contribution in [2.24, 2.45) is 0 Å². The Bertz CT molecular complexity index is 468. The van der Waals surface area contributed by atoms with E-state index in [2.05, 4.69) is 44.3 Å². The lowest BCUT2D eigenvalue weighted by Gasteiger charge is -2.18. The summed E-state index contributed by atoms with van der Waals surface area (Å²) < 4.78 is 0. The van der Waals surface area contributed by atoms with Crippen LogP contribution in [0.15, 0.2) is 18.2 Å². The summed E-state index contributed by atoms with van der Waals surface area (Å²) in [5.41, 5.74) is 3.76. The molecule has 0 spiro atoms. The van der Waals surface area contributed by atoms with E-state index in [1.165, 1.54) is 11.1 Å². The normalized spacial score (nSPS) is 15.7. The molecule has 3 heteroatoms. The summed E-state index contributed by atoms with van der Waals surface area (Å²) in [6.07, 6.45) is 2.01. The van der Waals surface area contributed by atoms with Gasteiger partial charge in [-0.1, -0.05) is 26.0 Å². The van der Waals surface area contributed by atoms with Gasteiger partial charge < -0.3 is 10.2 Å². The van der Waals surface area contributed by atoms with Crippen molar-refractivity contribution in [1.82, 2.24) is 5.32 Å². The first-order chi connectivity index (χ1) is 8.97. The van der Waals surface area contributed by atoms with Gasteiger partial charge in [-0.25, -0.2) is 0 Å². The Labute approximate surface area is 116 Å². The standard InChI is InChI=1S/C16H24N2O/c1-11(2)17-12(3)9-14-5-6-16-15(10-14)7-8-18(16)13(4)19/h5-6,10-12,17H,7-9H2,1-4H3. The number of fused-ring (bicyclic) bond motifs is 1. The highest BCUT2D eigenvalue weighted by molar-refractivity contribution is 5.93. The van der Waals surface area contributed by atoms with Crippen molar-refractivity contribution in [2.45, 2.75) is 52.6 Å². The molecule has 104 valence electrons. The van der Waals surface area contributed by atoms with Crippen LogP contribution in [0.2, 0.25) is 0 Å². The van der Waals surface area contributed by atoms with Crippen molar-refractivity contribution in [2.75, 3.05) is 11.4 Å². The third-order valence-corrected chi connectivity index (χ3v) is 3.58. The molecule has 1 atom stereocenters. The number of carbonyl (C=O) groups excluding carboxylic acids is 1. The lowest BCUT2D eigenvalue weighted by molar-refractivity contribution is -0.116. The molecule has 2 rings (SSSR count). The lowest BCUT2D eigenvalue weighted by Crippen LogP contribution is -2.33. The minimum absolute atomic E-state index is 0.140. The highest BCUT2D eigenvalue weighted by Gasteiger charge is 2.22. The number of rotatable bonds is 4. The molecule has 0 aromatic heterocycles. The van der Waals surface area contributed by atoms with Crippen LogP contribution in [0.4, 0.5) is 5.69 Å². The summed E-state index contributed by atoms with van der Waals surface area (Å²) in [4.78, 5) is 13.4. The van der Waals surface area contributed by atoms with Crippen LogP contribution in [0.3, 0.4) is 0 Å². The van der Waals surface area contributed by atoms with Gasteiger partial charge in [0, 0.05) is 31.2 Å². The summed E-state index contributed by atoms with van der Waals surface area (Å²) >= 11 is 0. The van der Waals surface area contributed by atoms with E-state index in [0.717, 1.165) is 25.1 Å². The lowest BCUT2D eigenvalue weighted by atomic mass is 10.0. The molecule has 0 radical (unpaired) electrons. The summed E-state index contributed by atoms with van der Waals surface area (Å²) in [6.45, 7) is 9.02. The molecule has 0 bridgehead atoms. The smallest absolute Gasteiger partial charge is 0.223 e. The van der Waals surface area contributed by atoms with Gasteiger partial charge in [-0.15, -0.1) is 0 Å². The van der Waals surface area contributed by atoms with Crippen molar-refractivity contribution in [3.8, 4) is 0 Å². The Morgan fingerprint density at radius 2 is 2.11 bits per heavy atom. The predicted molar refractivity (Wildman–Crippen MR) is 79.6 cm³/mol. The zero-order valence-electron chi connectivity index (χ0n) is 12.4. The van der Waals surface area contributed by atoms with Crippen molar-refractivity contribution < 1.29 is 4.79 Å². The van der Waals surface area contributed by atoms with Crippen molar-refractivity contribution in [1.29, 1.82) is 0 Å². The number of hydrogen-bond donors (Lipinski definition) is 1. The topological polar surface area (TPSA) is 32.3 Å². The Morgan fingerprint density at radius 3 is 2.74 bits per heavy atom. The minimum Gasteiger partial charge on any atom is -0.312 e. The monoisotopic (exact) mass is 260 g/mol. The molecule has 3 nitrogen and oxygen atoms in total. The first-order valence-electron chi connectivity index (χ1n) is 7.13. The number of nitrogens with zero attached hydrogens (tertiary/aromatic N) is 1. The van der Waals surface area contributed by atoms with Gasteiger partial charge >= 0.3 is 0 Å². The minimum atomic E-state index is 0.140. The van der Waals surface area contributed by atoms with E-state index < -0.39 is 0 Å². The summed E-state index contributed by atoms with van der Waals surface area (Å²) in [6, 6.07) is 7.50. The van der Waals surface area contributed by atoms with Gasteiger partial charge in [0.2, 0.25) is 5.91 Å². The van der Waals surface area contributed by atoms with Crippen LogP contribution in [0.25, 0.3) is 0 Å². The second-order valence-corrected chi connectivity index (χ2v) is 5.81. The number of nitrogens with one attached hydrogen (secondary N) is 1. The van der Waals surface area contributed by atoms with E-state index in [-0.39, 0.29) is 5.91 Å². The maximum Gasteiger partial charge on any atom is 0.223 e. The Balaban J connectivity index is 2.08. The van der Waals surface area contributed by atoms with Crippen molar-refractivity contribution in [3.63, 3.8) is 0 Å². The van der Waals surface area contributed by atoms with Gasteiger partial charge in [0.25, 0.3) is 0 Å². The molecule has 19 heavy (non-hydrogen) atoms. The molecule has 1 aliphatic rings. The molecular formula is C16H24N2O. The molecular weight excluding hydrogens is 236 g/mol. The Kier molecular flexibility index (Phi) is 4.25. The van der Waals surface area contributed by atoms with Gasteiger partial charge in [-0.2, -0.15) is 0 Å². The van der Waals surface area contributed by atoms with Crippen LogP contribution in [-0.4, -0.2) is 24.5 Å². The molecule has 1 aromatic rings. The van der Waals surface area contributed by atoms with E-state index in [1.54, 1.807) is 6.92 Å². The maximum absolute atomic E-state index is 11.5. The molecule has 1 unspecified atom stereocenters. The van der Waals surface area contributed by atoms with E-state index in [9.17, 15) is 4.79 Å². The predicted octanol–water partition coefficient (Wildman–Crippen LogP) is 2.52. The Morgan fingerprint density at radius 1 is 1.37 bits per heavy atom. The van der Waals surface area contributed by atoms with Crippen molar-refractivity contribution >= 4 is 11.6 Å². The highest BCUT2D eigenvalue weighted by Crippen LogP contribution is 2.29. The first-order valence-corrected chi connectivity index (χ1v) is 7.13. The summed E-state index contributed by atoms with van der Waals surface area (Å²) in [5, 5.41) is 3.52. The van der Waals surface area contributed by atoms with Crippen LogP contribution >= 0.6 is 0 Å². The number of carbonyl (C=O) groups is 1.